The van der Waals surface area contributed by atoms with Gasteiger partial charge in [0, 0.05) is 30.1 Å². The van der Waals surface area contributed by atoms with Gasteiger partial charge in [0.25, 0.3) is 0 Å². The van der Waals surface area contributed by atoms with Crippen LogP contribution in [0, 0.1) is 0 Å². The van der Waals surface area contributed by atoms with Crippen molar-refractivity contribution in [3.05, 3.63) is 35.6 Å². The van der Waals surface area contributed by atoms with Gasteiger partial charge in [-0.1, -0.05) is 18.2 Å². The van der Waals surface area contributed by atoms with Crippen molar-refractivity contribution in [3.63, 3.8) is 0 Å². The minimum absolute atomic E-state index is 0.00214. The Morgan fingerprint density at radius 1 is 1.45 bits per heavy atom. The number of aromatic carboxylic acids is 1. The fourth-order valence-electron chi connectivity index (χ4n) is 2.08. The molecule has 1 aromatic carbocycles. The Hall–Kier alpha value is -1.85. The molecular weight excluding hydrogens is 258 g/mol. The lowest BCUT2D eigenvalue weighted by Gasteiger charge is -2.13. The number of carboxylic acids is 1. The number of benzene rings is 1. The molecule has 1 unspecified atom stereocenters. The molecule has 0 aliphatic heterocycles. The molecule has 0 aliphatic carbocycles. The summed E-state index contributed by atoms with van der Waals surface area (Å²) in [6, 6.07) is 7.48. The Morgan fingerprint density at radius 2 is 2.20 bits per heavy atom. The van der Waals surface area contributed by atoms with Crippen molar-refractivity contribution in [1.29, 1.82) is 0 Å². The molecule has 0 aliphatic rings. The van der Waals surface area contributed by atoms with Crippen molar-refractivity contribution in [1.82, 2.24) is 5.32 Å². The smallest absolute Gasteiger partial charge is 0.372 e. The highest BCUT2D eigenvalue weighted by atomic mass is 16.5. The summed E-state index contributed by atoms with van der Waals surface area (Å²) in [6.45, 7) is 5.64. The summed E-state index contributed by atoms with van der Waals surface area (Å²) >= 11 is 0. The number of rotatable bonds is 7. The van der Waals surface area contributed by atoms with E-state index >= 15 is 0 Å². The zero-order valence-electron chi connectivity index (χ0n) is 11.7. The van der Waals surface area contributed by atoms with Gasteiger partial charge in [0.2, 0.25) is 5.76 Å². The largest absolute Gasteiger partial charge is 0.475 e. The van der Waals surface area contributed by atoms with E-state index in [-0.39, 0.29) is 11.8 Å². The molecule has 5 heteroatoms. The third-order valence-corrected chi connectivity index (χ3v) is 3.09. The number of para-hydroxylation sites is 1. The van der Waals surface area contributed by atoms with Gasteiger partial charge in [0.05, 0.1) is 6.61 Å². The second-order valence-electron chi connectivity index (χ2n) is 4.65. The van der Waals surface area contributed by atoms with Crippen LogP contribution in [0.4, 0.5) is 0 Å². The van der Waals surface area contributed by atoms with Crippen LogP contribution in [-0.2, 0) is 11.3 Å². The van der Waals surface area contributed by atoms with Crippen LogP contribution < -0.4 is 5.32 Å². The van der Waals surface area contributed by atoms with Gasteiger partial charge in [-0.05, 0) is 19.9 Å². The van der Waals surface area contributed by atoms with Crippen molar-refractivity contribution in [3.8, 4) is 0 Å². The summed E-state index contributed by atoms with van der Waals surface area (Å²) in [5.74, 6) is -1.04. The van der Waals surface area contributed by atoms with Crippen LogP contribution in [0.5, 0.6) is 0 Å². The fraction of sp³-hybridized carbons (Fsp3) is 0.400. The summed E-state index contributed by atoms with van der Waals surface area (Å²) in [7, 11) is 0. The van der Waals surface area contributed by atoms with Crippen LogP contribution in [0.2, 0.25) is 0 Å². The molecule has 0 fully saturated rings. The molecule has 20 heavy (non-hydrogen) atoms. The van der Waals surface area contributed by atoms with Gasteiger partial charge in [-0.15, -0.1) is 0 Å². The molecule has 1 aromatic heterocycles. The van der Waals surface area contributed by atoms with Crippen molar-refractivity contribution in [2.75, 3.05) is 13.2 Å². The molecule has 0 bridgehead atoms. The summed E-state index contributed by atoms with van der Waals surface area (Å²) in [5, 5.41) is 13.3. The maximum absolute atomic E-state index is 11.3. The Labute approximate surface area is 117 Å². The van der Waals surface area contributed by atoms with Crippen LogP contribution in [0.1, 0.15) is 30.0 Å². The first-order valence-corrected chi connectivity index (χ1v) is 6.68. The summed E-state index contributed by atoms with van der Waals surface area (Å²) < 4.78 is 10.7. The minimum atomic E-state index is -1.05. The molecule has 0 spiro atoms. The summed E-state index contributed by atoms with van der Waals surface area (Å²) in [5.41, 5.74) is 1.27. The van der Waals surface area contributed by atoms with Crippen LogP contribution in [0.15, 0.2) is 28.7 Å². The number of nitrogens with one attached hydrogen (secondary N) is 1. The second kappa shape index (κ2) is 6.54. The molecule has 0 amide bonds. The first kappa shape index (κ1) is 14.6. The lowest BCUT2D eigenvalue weighted by atomic mass is 10.1. The highest BCUT2D eigenvalue weighted by molar-refractivity contribution is 5.95. The van der Waals surface area contributed by atoms with E-state index in [2.05, 4.69) is 5.32 Å². The topological polar surface area (TPSA) is 71.7 Å². The molecule has 5 nitrogen and oxygen atoms in total. The van der Waals surface area contributed by atoms with E-state index in [0.717, 1.165) is 5.39 Å². The van der Waals surface area contributed by atoms with E-state index in [1.807, 2.05) is 32.0 Å². The van der Waals surface area contributed by atoms with Gasteiger partial charge in [-0.25, -0.2) is 4.79 Å². The molecule has 0 saturated carbocycles. The van der Waals surface area contributed by atoms with Gasteiger partial charge in [-0.2, -0.15) is 0 Å². The van der Waals surface area contributed by atoms with Gasteiger partial charge < -0.3 is 19.6 Å². The predicted molar refractivity (Wildman–Crippen MR) is 76.0 cm³/mol. The molecule has 1 atom stereocenters. The van der Waals surface area contributed by atoms with Crippen LogP contribution in [0.3, 0.4) is 0 Å². The van der Waals surface area contributed by atoms with E-state index in [0.29, 0.717) is 30.9 Å². The van der Waals surface area contributed by atoms with Crippen LogP contribution in [0.25, 0.3) is 11.0 Å². The highest BCUT2D eigenvalue weighted by Crippen LogP contribution is 2.25. The molecule has 0 radical (unpaired) electrons. The minimum Gasteiger partial charge on any atom is -0.475 e. The van der Waals surface area contributed by atoms with E-state index in [4.69, 9.17) is 9.15 Å². The normalized spacial score (nSPS) is 12.7. The Morgan fingerprint density at radius 3 is 2.90 bits per heavy atom. The van der Waals surface area contributed by atoms with Crippen molar-refractivity contribution >= 4 is 16.9 Å². The molecule has 2 N–H and O–H groups in total. The molecule has 108 valence electrons. The van der Waals surface area contributed by atoms with Gasteiger partial charge in [0.1, 0.15) is 5.58 Å². The lowest BCUT2D eigenvalue weighted by Crippen LogP contribution is -2.30. The Bertz CT molecular complexity index is 591. The number of carbonyl (C=O) groups is 1. The van der Waals surface area contributed by atoms with Gasteiger partial charge >= 0.3 is 5.97 Å². The van der Waals surface area contributed by atoms with E-state index in [9.17, 15) is 9.90 Å². The fourth-order valence-corrected chi connectivity index (χ4v) is 2.08. The molecular formula is C15H19NO4. The number of hydrogen-bond acceptors (Lipinski definition) is 4. The summed E-state index contributed by atoms with van der Waals surface area (Å²) in [6.07, 6.45) is 0. The van der Waals surface area contributed by atoms with Gasteiger partial charge in [0.15, 0.2) is 0 Å². The van der Waals surface area contributed by atoms with Crippen molar-refractivity contribution in [2.45, 2.75) is 26.4 Å². The van der Waals surface area contributed by atoms with E-state index < -0.39 is 5.97 Å². The average molecular weight is 277 g/mol. The molecule has 2 rings (SSSR count). The standard InChI is InChI=1S/C15H19NO4/c1-3-19-9-10(2)16-8-12-11-6-4-5-7-13(11)20-14(12)15(17)18/h4-7,10,16H,3,8-9H2,1-2H3,(H,17,18). The zero-order chi connectivity index (χ0) is 14.5. The third kappa shape index (κ3) is 3.18. The van der Waals surface area contributed by atoms with Crippen LogP contribution >= 0.6 is 0 Å². The monoisotopic (exact) mass is 277 g/mol. The number of furan rings is 1. The van der Waals surface area contributed by atoms with Crippen LogP contribution in [-0.4, -0.2) is 30.3 Å². The number of ether oxygens (including phenoxy) is 1. The number of fused-ring (bicyclic) bond motifs is 1. The molecule has 0 saturated heterocycles. The Balaban J connectivity index is 2.19. The van der Waals surface area contributed by atoms with E-state index in [1.165, 1.54) is 0 Å². The lowest BCUT2D eigenvalue weighted by molar-refractivity contribution is 0.0663. The zero-order valence-corrected chi connectivity index (χ0v) is 11.7. The van der Waals surface area contributed by atoms with E-state index in [1.54, 1.807) is 6.07 Å². The Kier molecular flexibility index (Phi) is 4.76. The van der Waals surface area contributed by atoms with Gasteiger partial charge in [-0.3, -0.25) is 0 Å². The highest BCUT2D eigenvalue weighted by Gasteiger charge is 2.19. The quantitative estimate of drug-likeness (QED) is 0.814. The SMILES string of the molecule is CCOCC(C)NCc1c(C(=O)O)oc2ccccc12. The third-order valence-electron chi connectivity index (χ3n) is 3.09. The predicted octanol–water partition coefficient (Wildman–Crippen LogP) is 2.65. The van der Waals surface area contributed by atoms with Crippen molar-refractivity contribution in [2.24, 2.45) is 0 Å². The number of hydrogen-bond donors (Lipinski definition) is 2. The summed E-state index contributed by atoms with van der Waals surface area (Å²) in [4.78, 5) is 11.3. The maximum Gasteiger partial charge on any atom is 0.372 e. The maximum atomic E-state index is 11.3. The second-order valence-corrected chi connectivity index (χ2v) is 4.65. The van der Waals surface area contributed by atoms with Crippen molar-refractivity contribution < 1.29 is 19.1 Å². The first-order chi connectivity index (χ1) is 9.63. The molecule has 2 aromatic rings. The number of carboxylic acid groups (broad SMARTS) is 1. The first-order valence-electron chi connectivity index (χ1n) is 6.68. The average Bonchev–Trinajstić information content (AvgIpc) is 2.82. The molecule has 1 heterocycles.